The summed E-state index contributed by atoms with van der Waals surface area (Å²) in [5.74, 6) is 0.730. The van der Waals surface area contributed by atoms with Crippen molar-refractivity contribution in [3.63, 3.8) is 0 Å². The number of para-hydroxylation sites is 1. The molecule has 0 fully saturated rings. The summed E-state index contributed by atoms with van der Waals surface area (Å²) in [7, 11) is 1.57. The molecule has 1 aromatic heterocycles. The lowest BCUT2D eigenvalue weighted by Crippen LogP contribution is -2.23. The number of aryl methyl sites for hydroxylation is 1. The van der Waals surface area contributed by atoms with Crippen molar-refractivity contribution < 1.29 is 9.53 Å². The van der Waals surface area contributed by atoms with Crippen LogP contribution in [0, 0.1) is 0 Å². The zero-order valence-electron chi connectivity index (χ0n) is 17.5. The number of nitrogens with one attached hydrogen (secondary N) is 2. The fraction of sp³-hybridized carbons (Fsp3) is 0.0800. The number of carbonyl (C=O) groups is 1. The van der Waals surface area contributed by atoms with Crippen LogP contribution in [0.2, 0.25) is 0 Å². The first kappa shape index (κ1) is 20.9. The van der Waals surface area contributed by atoms with E-state index in [9.17, 15) is 9.59 Å². The van der Waals surface area contributed by atoms with Crippen molar-refractivity contribution in [2.75, 3.05) is 5.32 Å². The summed E-state index contributed by atoms with van der Waals surface area (Å²) in [6.07, 6.45) is 1.49. The topological polar surface area (TPSA) is 85.2 Å². The van der Waals surface area contributed by atoms with Crippen LogP contribution in [-0.4, -0.2) is 15.7 Å². The largest absolute Gasteiger partial charge is 0.453 e. The van der Waals surface area contributed by atoms with E-state index in [-0.39, 0.29) is 17.2 Å². The van der Waals surface area contributed by atoms with Gasteiger partial charge in [-0.15, -0.1) is 0 Å². The Hall–Kier alpha value is -4.39. The van der Waals surface area contributed by atoms with Crippen LogP contribution in [0.1, 0.15) is 15.9 Å². The number of benzene rings is 3. The maximum atomic E-state index is 12.7. The molecule has 160 valence electrons. The van der Waals surface area contributed by atoms with Gasteiger partial charge in [-0.05, 0) is 42.0 Å². The van der Waals surface area contributed by atoms with E-state index in [0.29, 0.717) is 29.3 Å². The fourth-order valence-corrected chi connectivity index (χ4v) is 3.06. The third-order valence-corrected chi connectivity index (χ3v) is 4.79. The fourth-order valence-electron chi connectivity index (χ4n) is 3.06. The Morgan fingerprint density at radius 3 is 2.28 bits per heavy atom. The SMILES string of the molecule is Cn1ncc(Oc2ccccc2)c(Nc2ccc(C(=O)NCc3ccccc3)cc2)c1=O. The first-order valence-electron chi connectivity index (χ1n) is 10.1. The van der Waals surface area contributed by atoms with E-state index >= 15 is 0 Å². The lowest BCUT2D eigenvalue weighted by atomic mass is 10.1. The van der Waals surface area contributed by atoms with Gasteiger partial charge in [0.2, 0.25) is 0 Å². The molecule has 4 aromatic rings. The van der Waals surface area contributed by atoms with Gasteiger partial charge in [0, 0.05) is 24.8 Å². The number of nitrogens with zero attached hydrogens (tertiary/aromatic N) is 2. The molecule has 32 heavy (non-hydrogen) atoms. The highest BCUT2D eigenvalue weighted by molar-refractivity contribution is 5.94. The van der Waals surface area contributed by atoms with Crippen LogP contribution in [0.5, 0.6) is 11.5 Å². The van der Waals surface area contributed by atoms with Gasteiger partial charge in [0.15, 0.2) is 11.4 Å². The summed E-state index contributed by atoms with van der Waals surface area (Å²) in [5, 5.41) is 10.0. The van der Waals surface area contributed by atoms with Gasteiger partial charge in [0.25, 0.3) is 11.5 Å². The van der Waals surface area contributed by atoms with Crippen LogP contribution in [0.15, 0.2) is 95.9 Å². The third kappa shape index (κ3) is 5.02. The minimum Gasteiger partial charge on any atom is -0.453 e. The van der Waals surface area contributed by atoms with E-state index in [1.807, 2.05) is 48.5 Å². The van der Waals surface area contributed by atoms with Gasteiger partial charge in [-0.25, -0.2) is 4.68 Å². The van der Waals surface area contributed by atoms with Crippen LogP contribution in [0.4, 0.5) is 11.4 Å². The summed E-state index contributed by atoms with van der Waals surface area (Å²) in [6.45, 7) is 0.451. The maximum absolute atomic E-state index is 12.7. The molecule has 0 aliphatic heterocycles. The molecule has 0 radical (unpaired) electrons. The Morgan fingerprint density at radius 2 is 1.59 bits per heavy atom. The molecule has 1 amide bonds. The quantitative estimate of drug-likeness (QED) is 0.462. The minimum absolute atomic E-state index is 0.173. The zero-order valence-corrected chi connectivity index (χ0v) is 17.5. The number of aromatic nitrogens is 2. The van der Waals surface area contributed by atoms with Gasteiger partial charge in [-0.3, -0.25) is 9.59 Å². The molecular formula is C25H22N4O3. The zero-order chi connectivity index (χ0) is 22.3. The molecule has 0 saturated carbocycles. The Labute approximate surface area is 185 Å². The van der Waals surface area contributed by atoms with Gasteiger partial charge >= 0.3 is 0 Å². The molecule has 0 aliphatic rings. The van der Waals surface area contributed by atoms with Gasteiger partial charge in [-0.1, -0.05) is 48.5 Å². The summed E-state index contributed by atoms with van der Waals surface area (Å²) in [5.41, 5.74) is 2.12. The molecule has 3 aromatic carbocycles. The van der Waals surface area contributed by atoms with E-state index in [1.165, 1.54) is 10.9 Å². The molecule has 2 N–H and O–H groups in total. The molecule has 0 saturated heterocycles. The predicted molar refractivity (Wildman–Crippen MR) is 123 cm³/mol. The van der Waals surface area contributed by atoms with Crippen molar-refractivity contribution in [3.05, 3.63) is 113 Å². The molecule has 0 bridgehead atoms. The maximum Gasteiger partial charge on any atom is 0.294 e. The van der Waals surface area contributed by atoms with Gasteiger partial charge in [0.05, 0.1) is 6.20 Å². The van der Waals surface area contributed by atoms with E-state index in [1.54, 1.807) is 43.4 Å². The van der Waals surface area contributed by atoms with Gasteiger partial charge in [-0.2, -0.15) is 5.10 Å². The third-order valence-electron chi connectivity index (χ3n) is 4.79. The molecule has 4 rings (SSSR count). The van der Waals surface area contributed by atoms with Crippen molar-refractivity contribution in [2.24, 2.45) is 7.05 Å². The van der Waals surface area contributed by atoms with Crippen molar-refractivity contribution in [1.82, 2.24) is 15.1 Å². The number of amides is 1. The average molecular weight is 426 g/mol. The molecule has 0 atom stereocenters. The smallest absolute Gasteiger partial charge is 0.294 e. The number of hydrogen-bond acceptors (Lipinski definition) is 5. The second kappa shape index (κ2) is 9.61. The standard InChI is InChI=1S/C25H22N4O3/c1-29-25(31)23(22(17-27-29)32-21-10-6-3-7-11-21)28-20-14-12-19(13-15-20)24(30)26-16-18-8-4-2-5-9-18/h2-15,17,28H,16H2,1H3,(H,26,30). The first-order valence-corrected chi connectivity index (χ1v) is 10.1. The second-order valence-corrected chi connectivity index (χ2v) is 7.10. The predicted octanol–water partition coefficient (Wildman–Crippen LogP) is 4.25. The van der Waals surface area contributed by atoms with E-state index in [0.717, 1.165) is 5.56 Å². The normalized spacial score (nSPS) is 10.4. The molecular weight excluding hydrogens is 404 g/mol. The van der Waals surface area contributed by atoms with Crippen molar-refractivity contribution >= 4 is 17.3 Å². The molecule has 0 unspecified atom stereocenters. The highest BCUT2D eigenvalue weighted by Crippen LogP contribution is 2.28. The summed E-state index contributed by atoms with van der Waals surface area (Å²) in [4.78, 5) is 25.1. The van der Waals surface area contributed by atoms with Crippen molar-refractivity contribution in [1.29, 1.82) is 0 Å². The number of hydrogen-bond donors (Lipinski definition) is 2. The van der Waals surface area contributed by atoms with Crippen molar-refractivity contribution in [3.8, 4) is 11.5 Å². The van der Waals surface area contributed by atoms with E-state index in [4.69, 9.17) is 4.74 Å². The first-order chi connectivity index (χ1) is 15.6. The number of anilines is 2. The Morgan fingerprint density at radius 1 is 0.938 bits per heavy atom. The number of rotatable bonds is 7. The Bertz CT molecular complexity index is 1250. The molecule has 7 nitrogen and oxygen atoms in total. The van der Waals surface area contributed by atoms with Gasteiger partial charge < -0.3 is 15.4 Å². The van der Waals surface area contributed by atoms with Crippen LogP contribution < -0.4 is 20.9 Å². The molecule has 1 heterocycles. The van der Waals surface area contributed by atoms with Crippen LogP contribution in [0.3, 0.4) is 0 Å². The number of ether oxygens (including phenoxy) is 1. The van der Waals surface area contributed by atoms with Crippen LogP contribution in [0.25, 0.3) is 0 Å². The summed E-state index contributed by atoms with van der Waals surface area (Å²) >= 11 is 0. The highest BCUT2D eigenvalue weighted by Gasteiger charge is 2.13. The van der Waals surface area contributed by atoms with Crippen LogP contribution in [-0.2, 0) is 13.6 Å². The average Bonchev–Trinajstić information content (AvgIpc) is 2.84. The highest BCUT2D eigenvalue weighted by atomic mass is 16.5. The molecule has 0 spiro atoms. The van der Waals surface area contributed by atoms with Crippen molar-refractivity contribution in [2.45, 2.75) is 6.54 Å². The summed E-state index contributed by atoms with van der Waals surface area (Å²) < 4.78 is 7.08. The summed E-state index contributed by atoms with van der Waals surface area (Å²) in [6, 6.07) is 25.8. The monoisotopic (exact) mass is 426 g/mol. The Balaban J connectivity index is 1.49. The Kier molecular flexibility index (Phi) is 6.27. The number of carbonyl (C=O) groups excluding carboxylic acids is 1. The van der Waals surface area contributed by atoms with E-state index in [2.05, 4.69) is 15.7 Å². The van der Waals surface area contributed by atoms with Crippen LogP contribution >= 0.6 is 0 Å². The molecule has 0 aliphatic carbocycles. The lowest BCUT2D eigenvalue weighted by molar-refractivity contribution is 0.0951. The second-order valence-electron chi connectivity index (χ2n) is 7.10. The van der Waals surface area contributed by atoms with Gasteiger partial charge in [0.1, 0.15) is 5.75 Å². The molecule has 7 heteroatoms. The lowest BCUT2D eigenvalue weighted by Gasteiger charge is -2.13. The minimum atomic E-state index is -0.330. The van der Waals surface area contributed by atoms with E-state index < -0.39 is 0 Å².